The van der Waals surface area contributed by atoms with E-state index in [-0.39, 0.29) is 0 Å². The van der Waals surface area contributed by atoms with Gasteiger partial charge in [0.1, 0.15) is 0 Å². The standard InChI is InChI=1S/C14H18N2/c1-16-12-7-3-2-6-11(12)14-8-4-5-10(14)9-15-13(14)16/h2-3,6-7,10,13,15H,4-5,8-9H2,1H3/t10-,13+,14-/m0/s1. The van der Waals surface area contributed by atoms with Crippen molar-refractivity contribution in [1.82, 2.24) is 5.32 Å². The number of nitrogens with zero attached hydrogens (tertiary/aromatic N) is 1. The molecule has 4 rings (SSSR count). The minimum atomic E-state index is 0.436. The normalized spacial score (nSPS) is 39.7. The summed E-state index contributed by atoms with van der Waals surface area (Å²) in [6.07, 6.45) is 4.74. The zero-order valence-electron chi connectivity index (χ0n) is 9.74. The summed E-state index contributed by atoms with van der Waals surface area (Å²) < 4.78 is 0. The largest absolute Gasteiger partial charge is 0.358 e. The summed E-state index contributed by atoms with van der Waals surface area (Å²) in [6.45, 7) is 1.21. The Balaban J connectivity index is 1.97. The third kappa shape index (κ3) is 0.809. The fourth-order valence-electron chi connectivity index (χ4n) is 4.48. The maximum Gasteiger partial charge on any atom is 0.0894 e. The van der Waals surface area contributed by atoms with E-state index in [2.05, 4.69) is 41.5 Å². The molecule has 1 N–H and O–H groups in total. The van der Waals surface area contributed by atoms with Crippen molar-refractivity contribution >= 4 is 5.69 Å². The van der Waals surface area contributed by atoms with Crippen LogP contribution in [0.15, 0.2) is 24.3 Å². The number of fused-ring (bicyclic) bond motifs is 1. The van der Waals surface area contributed by atoms with Gasteiger partial charge in [-0.3, -0.25) is 5.32 Å². The first-order valence-corrected chi connectivity index (χ1v) is 6.40. The summed E-state index contributed by atoms with van der Waals surface area (Å²) in [4.78, 5) is 2.46. The van der Waals surface area contributed by atoms with Crippen LogP contribution in [0.5, 0.6) is 0 Å². The lowest BCUT2D eigenvalue weighted by Gasteiger charge is -2.31. The first-order valence-electron chi connectivity index (χ1n) is 6.40. The molecule has 1 spiro atoms. The molecule has 0 unspecified atom stereocenters. The minimum absolute atomic E-state index is 0.436. The lowest BCUT2D eigenvalue weighted by atomic mass is 9.74. The van der Waals surface area contributed by atoms with E-state index in [1.807, 2.05) is 0 Å². The van der Waals surface area contributed by atoms with Crippen LogP contribution in [0.1, 0.15) is 24.8 Å². The van der Waals surface area contributed by atoms with E-state index in [0.29, 0.717) is 11.6 Å². The predicted molar refractivity (Wildman–Crippen MR) is 65.7 cm³/mol. The molecule has 1 aromatic carbocycles. The van der Waals surface area contributed by atoms with Gasteiger partial charge >= 0.3 is 0 Å². The second-order valence-corrected chi connectivity index (χ2v) is 5.57. The summed E-state index contributed by atoms with van der Waals surface area (Å²) in [5.74, 6) is 0.864. The molecule has 3 atom stereocenters. The molecular weight excluding hydrogens is 196 g/mol. The Kier molecular flexibility index (Phi) is 1.59. The summed E-state index contributed by atoms with van der Waals surface area (Å²) in [5.41, 5.74) is 3.49. The van der Waals surface area contributed by atoms with Gasteiger partial charge in [0.2, 0.25) is 0 Å². The van der Waals surface area contributed by atoms with Crippen molar-refractivity contribution in [3.8, 4) is 0 Å². The van der Waals surface area contributed by atoms with Crippen LogP contribution >= 0.6 is 0 Å². The van der Waals surface area contributed by atoms with Gasteiger partial charge < -0.3 is 4.90 Å². The van der Waals surface area contributed by atoms with E-state index in [9.17, 15) is 0 Å². The number of hydrogen-bond donors (Lipinski definition) is 1. The smallest absolute Gasteiger partial charge is 0.0894 e. The fraction of sp³-hybridized carbons (Fsp3) is 0.571. The van der Waals surface area contributed by atoms with Crippen molar-refractivity contribution in [2.45, 2.75) is 30.8 Å². The molecular formula is C14H18N2. The Morgan fingerprint density at radius 3 is 3.19 bits per heavy atom. The maximum absolute atomic E-state index is 3.73. The van der Waals surface area contributed by atoms with Gasteiger partial charge in [-0.05, 0) is 30.4 Å². The van der Waals surface area contributed by atoms with Gasteiger partial charge in [-0.25, -0.2) is 0 Å². The van der Waals surface area contributed by atoms with Crippen molar-refractivity contribution in [2.24, 2.45) is 5.92 Å². The van der Waals surface area contributed by atoms with E-state index < -0.39 is 0 Å². The molecule has 1 saturated heterocycles. The van der Waals surface area contributed by atoms with E-state index in [1.54, 1.807) is 5.56 Å². The van der Waals surface area contributed by atoms with Crippen molar-refractivity contribution in [3.63, 3.8) is 0 Å². The Hall–Kier alpha value is -1.02. The third-order valence-corrected chi connectivity index (χ3v) is 5.09. The molecule has 0 amide bonds. The van der Waals surface area contributed by atoms with E-state index in [1.165, 1.54) is 31.5 Å². The van der Waals surface area contributed by atoms with Crippen molar-refractivity contribution < 1.29 is 0 Å². The molecule has 1 aromatic rings. The molecule has 0 bridgehead atoms. The molecule has 0 radical (unpaired) electrons. The van der Waals surface area contributed by atoms with Crippen LogP contribution in [0.3, 0.4) is 0 Å². The van der Waals surface area contributed by atoms with Crippen LogP contribution in [0, 0.1) is 5.92 Å². The first-order chi connectivity index (χ1) is 7.84. The Labute approximate surface area is 96.6 Å². The lowest BCUT2D eigenvalue weighted by molar-refractivity contribution is 0.351. The topological polar surface area (TPSA) is 15.3 Å². The highest BCUT2D eigenvalue weighted by molar-refractivity contribution is 5.65. The fourth-order valence-corrected chi connectivity index (χ4v) is 4.48. The molecule has 0 aromatic heterocycles. The summed E-state index contributed by atoms with van der Waals surface area (Å²) >= 11 is 0. The summed E-state index contributed by atoms with van der Waals surface area (Å²) in [7, 11) is 2.24. The van der Waals surface area contributed by atoms with Crippen LogP contribution in [0.25, 0.3) is 0 Å². The molecule has 3 aliphatic rings. The highest BCUT2D eigenvalue weighted by Gasteiger charge is 2.59. The molecule has 84 valence electrons. The zero-order chi connectivity index (χ0) is 10.8. The van der Waals surface area contributed by atoms with Crippen molar-refractivity contribution in [1.29, 1.82) is 0 Å². The van der Waals surface area contributed by atoms with Gasteiger partial charge in [-0.2, -0.15) is 0 Å². The lowest BCUT2D eigenvalue weighted by Crippen LogP contribution is -2.46. The van der Waals surface area contributed by atoms with Crippen LogP contribution in [-0.2, 0) is 5.41 Å². The number of nitrogens with one attached hydrogen (secondary N) is 1. The molecule has 1 aliphatic carbocycles. The predicted octanol–water partition coefficient (Wildman–Crippen LogP) is 2.10. The Morgan fingerprint density at radius 1 is 1.38 bits per heavy atom. The molecule has 16 heavy (non-hydrogen) atoms. The second-order valence-electron chi connectivity index (χ2n) is 5.57. The second kappa shape index (κ2) is 2.80. The average Bonchev–Trinajstić information content (AvgIpc) is 2.91. The average molecular weight is 214 g/mol. The number of anilines is 1. The first kappa shape index (κ1) is 9.06. The number of hydrogen-bond acceptors (Lipinski definition) is 2. The van der Waals surface area contributed by atoms with Gasteiger partial charge in [-0.15, -0.1) is 0 Å². The molecule has 2 heteroatoms. The summed E-state index contributed by atoms with van der Waals surface area (Å²) in [6, 6.07) is 9.01. The molecule has 2 nitrogen and oxygen atoms in total. The summed E-state index contributed by atoms with van der Waals surface area (Å²) in [5, 5.41) is 3.73. The quantitative estimate of drug-likeness (QED) is 0.711. The Morgan fingerprint density at radius 2 is 2.25 bits per heavy atom. The SMILES string of the molecule is CN1c2ccccc2[C@]23CCC[C@H]2CN[C@H]13. The van der Waals surface area contributed by atoms with Crippen molar-refractivity contribution in [3.05, 3.63) is 29.8 Å². The van der Waals surface area contributed by atoms with E-state index >= 15 is 0 Å². The van der Waals surface area contributed by atoms with Crippen LogP contribution in [0.2, 0.25) is 0 Å². The van der Waals surface area contributed by atoms with Crippen LogP contribution in [0.4, 0.5) is 5.69 Å². The molecule has 2 heterocycles. The zero-order valence-corrected chi connectivity index (χ0v) is 9.74. The van der Waals surface area contributed by atoms with Crippen LogP contribution in [-0.4, -0.2) is 19.8 Å². The van der Waals surface area contributed by atoms with E-state index in [0.717, 1.165) is 5.92 Å². The molecule has 1 saturated carbocycles. The molecule has 2 aliphatic heterocycles. The van der Waals surface area contributed by atoms with Crippen molar-refractivity contribution in [2.75, 3.05) is 18.5 Å². The van der Waals surface area contributed by atoms with Gasteiger partial charge in [-0.1, -0.05) is 24.6 Å². The highest BCUT2D eigenvalue weighted by atomic mass is 15.3. The number of benzene rings is 1. The number of likely N-dealkylation sites (N-methyl/N-ethyl adjacent to an activating group) is 1. The number of rotatable bonds is 0. The van der Waals surface area contributed by atoms with Gasteiger partial charge in [0.25, 0.3) is 0 Å². The monoisotopic (exact) mass is 214 g/mol. The Bertz CT molecular complexity index is 442. The maximum atomic E-state index is 3.73. The third-order valence-electron chi connectivity index (χ3n) is 5.09. The number of para-hydroxylation sites is 1. The minimum Gasteiger partial charge on any atom is -0.358 e. The van der Waals surface area contributed by atoms with Gasteiger partial charge in [0.15, 0.2) is 0 Å². The van der Waals surface area contributed by atoms with E-state index in [4.69, 9.17) is 0 Å². The highest BCUT2D eigenvalue weighted by Crippen LogP contribution is 2.58. The van der Waals surface area contributed by atoms with Crippen LogP contribution < -0.4 is 10.2 Å². The van der Waals surface area contributed by atoms with Gasteiger partial charge in [0.05, 0.1) is 6.17 Å². The molecule has 2 fully saturated rings. The van der Waals surface area contributed by atoms with Gasteiger partial charge in [0, 0.05) is 24.7 Å².